The highest BCUT2D eigenvalue weighted by Gasteiger charge is 2.68. The van der Waals surface area contributed by atoms with Gasteiger partial charge in [-0.05, 0) is 23.9 Å². The van der Waals surface area contributed by atoms with E-state index < -0.39 is 29.4 Å². The lowest BCUT2D eigenvalue weighted by atomic mass is 9.76. The number of nitrogens with zero attached hydrogens (tertiary/aromatic N) is 1. The fraction of sp³-hybridized carbons (Fsp3) is 0.381. The van der Waals surface area contributed by atoms with E-state index in [1.54, 1.807) is 6.92 Å². The van der Waals surface area contributed by atoms with Gasteiger partial charge < -0.3 is 4.74 Å². The Labute approximate surface area is 167 Å². The molecule has 1 N–H and O–H groups in total. The first-order valence-electron chi connectivity index (χ1n) is 9.32. The van der Waals surface area contributed by atoms with Crippen molar-refractivity contribution in [2.75, 3.05) is 13.7 Å². The molecule has 0 aliphatic carbocycles. The second kappa shape index (κ2) is 7.14. The smallest absolute Gasteiger partial charge is 0.327 e. The molecule has 2 aliphatic rings. The molecule has 1 aromatic carbocycles. The standard InChI is InChI=1S/C21H22N2O4S/c1-3-23-18(24)15-16(19(23)25)21(20(26)27-2,12-13-8-5-4-6-9-13)22-17(15)14-10-7-11-28-14/h4-11,15-17,22H,3,12H2,1-2H3/t15-,16+,17-,21-/m0/s1. The number of nitrogens with one attached hydrogen (secondary N) is 1. The first-order chi connectivity index (χ1) is 13.5. The SMILES string of the molecule is CCN1C(=O)[C@@H]2[C@H](c3cccs3)N[C@](Cc3ccccc3)(C(=O)OC)[C@H]2C1=O. The minimum atomic E-state index is -1.29. The van der Waals surface area contributed by atoms with Gasteiger partial charge in [0, 0.05) is 17.8 Å². The lowest BCUT2D eigenvalue weighted by molar-refractivity contribution is -0.154. The monoisotopic (exact) mass is 398 g/mol. The number of imide groups is 1. The largest absolute Gasteiger partial charge is 0.468 e. The van der Waals surface area contributed by atoms with Gasteiger partial charge in [-0.3, -0.25) is 24.6 Å². The van der Waals surface area contributed by atoms with Crippen LogP contribution in [-0.2, 0) is 25.5 Å². The third-order valence-electron chi connectivity index (χ3n) is 5.79. The summed E-state index contributed by atoms with van der Waals surface area (Å²) in [7, 11) is 1.32. The average molecular weight is 398 g/mol. The van der Waals surface area contributed by atoms with Crippen molar-refractivity contribution in [3.05, 3.63) is 58.3 Å². The van der Waals surface area contributed by atoms with Gasteiger partial charge in [-0.25, -0.2) is 0 Å². The molecule has 2 aromatic rings. The van der Waals surface area contributed by atoms with E-state index in [0.717, 1.165) is 10.4 Å². The van der Waals surface area contributed by atoms with Gasteiger partial charge in [0.15, 0.2) is 0 Å². The van der Waals surface area contributed by atoms with Crippen LogP contribution in [0.2, 0.25) is 0 Å². The predicted octanol–water partition coefficient (Wildman–Crippen LogP) is 2.17. The summed E-state index contributed by atoms with van der Waals surface area (Å²) in [6, 6.07) is 13.0. The maximum Gasteiger partial charge on any atom is 0.327 e. The zero-order chi connectivity index (χ0) is 19.9. The third kappa shape index (κ3) is 2.69. The summed E-state index contributed by atoms with van der Waals surface area (Å²) in [4.78, 5) is 41.6. The highest BCUT2D eigenvalue weighted by atomic mass is 32.1. The minimum Gasteiger partial charge on any atom is -0.468 e. The van der Waals surface area contributed by atoms with Gasteiger partial charge in [0.2, 0.25) is 11.8 Å². The van der Waals surface area contributed by atoms with Crippen molar-refractivity contribution < 1.29 is 19.1 Å². The fourth-order valence-corrected chi connectivity index (χ4v) is 5.43. The molecular formula is C21H22N2O4S. The number of fused-ring (bicyclic) bond motifs is 1. The molecule has 0 spiro atoms. The third-order valence-corrected chi connectivity index (χ3v) is 6.74. The predicted molar refractivity (Wildman–Crippen MR) is 104 cm³/mol. The normalized spacial score (nSPS) is 29.2. The minimum absolute atomic E-state index is 0.220. The molecular weight excluding hydrogens is 376 g/mol. The number of ether oxygens (including phenoxy) is 1. The van der Waals surface area contributed by atoms with Crippen molar-refractivity contribution in [2.24, 2.45) is 11.8 Å². The fourth-order valence-electron chi connectivity index (χ4n) is 4.61. The summed E-state index contributed by atoms with van der Waals surface area (Å²) in [5.74, 6) is -2.44. The van der Waals surface area contributed by atoms with Gasteiger partial charge in [0.25, 0.3) is 0 Å². The number of benzene rings is 1. The molecule has 146 valence electrons. The van der Waals surface area contributed by atoms with Crippen LogP contribution in [0.25, 0.3) is 0 Å². The Balaban J connectivity index is 1.86. The van der Waals surface area contributed by atoms with E-state index in [1.165, 1.54) is 23.3 Å². The van der Waals surface area contributed by atoms with Gasteiger partial charge in [-0.1, -0.05) is 36.4 Å². The zero-order valence-electron chi connectivity index (χ0n) is 15.8. The van der Waals surface area contributed by atoms with Crippen LogP contribution in [0.3, 0.4) is 0 Å². The number of carbonyl (C=O) groups is 3. The number of likely N-dealkylation sites (tertiary alicyclic amines) is 1. The summed E-state index contributed by atoms with van der Waals surface area (Å²) in [6.07, 6.45) is 0.278. The second-order valence-corrected chi connectivity index (χ2v) is 8.17. The van der Waals surface area contributed by atoms with E-state index in [-0.39, 0.29) is 18.2 Å². The van der Waals surface area contributed by atoms with E-state index >= 15 is 0 Å². The number of methoxy groups -OCH3 is 1. The maximum absolute atomic E-state index is 13.2. The van der Waals surface area contributed by atoms with Crippen LogP contribution in [-0.4, -0.2) is 41.9 Å². The van der Waals surface area contributed by atoms with Crippen LogP contribution >= 0.6 is 11.3 Å². The number of hydrogen-bond acceptors (Lipinski definition) is 6. The molecule has 7 heteroatoms. The number of hydrogen-bond donors (Lipinski definition) is 1. The Morgan fingerprint density at radius 3 is 2.54 bits per heavy atom. The Morgan fingerprint density at radius 1 is 1.18 bits per heavy atom. The molecule has 2 saturated heterocycles. The van der Waals surface area contributed by atoms with Crippen molar-refractivity contribution in [2.45, 2.75) is 24.9 Å². The second-order valence-electron chi connectivity index (χ2n) is 7.19. The molecule has 0 saturated carbocycles. The lowest BCUT2D eigenvalue weighted by Crippen LogP contribution is -2.57. The first kappa shape index (κ1) is 18.8. The Kier molecular flexibility index (Phi) is 4.81. The topological polar surface area (TPSA) is 75.7 Å². The molecule has 4 rings (SSSR count). The molecule has 28 heavy (non-hydrogen) atoms. The van der Waals surface area contributed by atoms with E-state index in [9.17, 15) is 14.4 Å². The van der Waals surface area contributed by atoms with E-state index in [0.29, 0.717) is 6.54 Å². The summed E-state index contributed by atoms with van der Waals surface area (Å²) in [6.45, 7) is 2.08. The zero-order valence-corrected chi connectivity index (χ0v) is 16.6. The summed E-state index contributed by atoms with van der Waals surface area (Å²) in [5.41, 5.74) is -0.382. The first-order valence-corrected chi connectivity index (χ1v) is 10.2. The Hall–Kier alpha value is -2.51. The van der Waals surface area contributed by atoms with Crippen LogP contribution in [0.15, 0.2) is 47.8 Å². The number of thiophene rings is 1. The number of rotatable bonds is 5. The molecule has 4 atom stereocenters. The van der Waals surface area contributed by atoms with Gasteiger partial charge in [-0.15, -0.1) is 11.3 Å². The Bertz CT molecular complexity index is 898. The van der Waals surface area contributed by atoms with Crippen LogP contribution in [0.5, 0.6) is 0 Å². The van der Waals surface area contributed by atoms with Gasteiger partial charge >= 0.3 is 5.97 Å². The number of carbonyl (C=O) groups excluding carboxylic acids is 3. The molecule has 0 bridgehead atoms. The number of esters is 1. The number of amides is 2. The maximum atomic E-state index is 13.2. The van der Waals surface area contributed by atoms with Crippen molar-refractivity contribution in [3.8, 4) is 0 Å². The quantitative estimate of drug-likeness (QED) is 0.617. The Morgan fingerprint density at radius 2 is 1.93 bits per heavy atom. The average Bonchev–Trinajstić information content (AvgIpc) is 3.40. The molecule has 2 fully saturated rings. The molecule has 3 heterocycles. The molecule has 6 nitrogen and oxygen atoms in total. The summed E-state index contributed by atoms with van der Waals surface area (Å²) >= 11 is 1.51. The van der Waals surface area contributed by atoms with E-state index in [4.69, 9.17) is 4.74 Å². The van der Waals surface area contributed by atoms with Crippen molar-refractivity contribution in [1.82, 2.24) is 10.2 Å². The van der Waals surface area contributed by atoms with E-state index in [1.807, 2.05) is 47.8 Å². The van der Waals surface area contributed by atoms with Gasteiger partial charge in [0.1, 0.15) is 5.54 Å². The van der Waals surface area contributed by atoms with Crippen LogP contribution in [0, 0.1) is 11.8 Å². The van der Waals surface area contributed by atoms with Crippen molar-refractivity contribution >= 4 is 29.1 Å². The van der Waals surface area contributed by atoms with Crippen LogP contribution < -0.4 is 5.32 Å². The van der Waals surface area contributed by atoms with Gasteiger partial charge in [0.05, 0.1) is 25.0 Å². The van der Waals surface area contributed by atoms with Crippen LogP contribution in [0.1, 0.15) is 23.4 Å². The van der Waals surface area contributed by atoms with Crippen LogP contribution in [0.4, 0.5) is 0 Å². The molecule has 2 aliphatic heterocycles. The summed E-state index contributed by atoms with van der Waals surface area (Å²) < 4.78 is 5.16. The van der Waals surface area contributed by atoms with E-state index in [2.05, 4.69) is 5.32 Å². The summed E-state index contributed by atoms with van der Waals surface area (Å²) in [5, 5.41) is 5.31. The molecule has 1 aromatic heterocycles. The lowest BCUT2D eigenvalue weighted by Gasteiger charge is -2.32. The van der Waals surface area contributed by atoms with Crippen molar-refractivity contribution in [1.29, 1.82) is 0 Å². The highest BCUT2D eigenvalue weighted by molar-refractivity contribution is 7.10. The molecule has 0 unspecified atom stereocenters. The molecule has 0 radical (unpaired) electrons. The molecule has 2 amide bonds. The van der Waals surface area contributed by atoms with Gasteiger partial charge in [-0.2, -0.15) is 0 Å². The highest BCUT2D eigenvalue weighted by Crippen LogP contribution is 2.50. The van der Waals surface area contributed by atoms with Crippen molar-refractivity contribution in [3.63, 3.8) is 0 Å².